The Hall–Kier alpha value is -1.95. The summed E-state index contributed by atoms with van der Waals surface area (Å²) in [6, 6.07) is 12.5. The number of nitrogens with zero attached hydrogens (tertiary/aromatic N) is 1. The van der Waals surface area contributed by atoms with Gasteiger partial charge in [0, 0.05) is 25.3 Å². The number of benzene rings is 2. The van der Waals surface area contributed by atoms with Crippen LogP contribution in [-0.4, -0.2) is 36.8 Å². The van der Waals surface area contributed by atoms with Crippen molar-refractivity contribution in [2.45, 2.75) is 44.9 Å². The van der Waals surface area contributed by atoms with Crippen LogP contribution in [-0.2, 0) is 23.5 Å². The van der Waals surface area contributed by atoms with Gasteiger partial charge in [0.15, 0.2) is 0 Å². The summed E-state index contributed by atoms with van der Waals surface area (Å²) in [7, 11) is 1.68. The van der Waals surface area contributed by atoms with E-state index in [1.54, 1.807) is 19.2 Å². The summed E-state index contributed by atoms with van der Waals surface area (Å²) in [5.41, 5.74) is 2.18. The van der Waals surface area contributed by atoms with E-state index in [0.29, 0.717) is 26.1 Å². The molecule has 0 bridgehead atoms. The molecule has 1 aliphatic heterocycles. The van der Waals surface area contributed by atoms with Crippen LogP contribution >= 0.6 is 0 Å². The van der Waals surface area contributed by atoms with Crippen molar-refractivity contribution in [2.75, 3.05) is 26.8 Å². The molecule has 1 heterocycles. The fourth-order valence-electron chi connectivity index (χ4n) is 3.90. The van der Waals surface area contributed by atoms with Crippen LogP contribution in [0.2, 0.25) is 0 Å². The van der Waals surface area contributed by atoms with Crippen molar-refractivity contribution < 1.29 is 19.0 Å². The van der Waals surface area contributed by atoms with Gasteiger partial charge in [0.25, 0.3) is 0 Å². The third kappa shape index (κ3) is 5.10. The molecule has 1 N–H and O–H groups in total. The zero-order chi connectivity index (χ0) is 20.0. The molecule has 1 unspecified atom stereocenters. The lowest BCUT2D eigenvalue weighted by molar-refractivity contribution is 0.0209. The van der Waals surface area contributed by atoms with Gasteiger partial charge in [-0.2, -0.15) is 0 Å². The maximum absolute atomic E-state index is 13.2. The number of halogens is 1. The third-order valence-corrected chi connectivity index (χ3v) is 5.50. The monoisotopic (exact) mass is 387 g/mol. The molecule has 28 heavy (non-hydrogen) atoms. The van der Waals surface area contributed by atoms with Crippen LogP contribution in [0.15, 0.2) is 42.5 Å². The summed E-state index contributed by atoms with van der Waals surface area (Å²) in [6.07, 6.45) is 2.23. The third-order valence-electron chi connectivity index (χ3n) is 5.50. The first-order valence-electron chi connectivity index (χ1n) is 9.98. The maximum atomic E-state index is 13.2. The normalized spacial score (nSPS) is 20.7. The van der Waals surface area contributed by atoms with Crippen LogP contribution in [0.25, 0.3) is 0 Å². The Balaban J connectivity index is 1.67. The average Bonchev–Trinajstić information content (AvgIpc) is 2.89. The van der Waals surface area contributed by atoms with E-state index in [4.69, 9.17) is 9.47 Å². The van der Waals surface area contributed by atoms with Gasteiger partial charge in [-0.25, -0.2) is 4.39 Å². The molecule has 5 heteroatoms. The van der Waals surface area contributed by atoms with Gasteiger partial charge < -0.3 is 14.6 Å². The van der Waals surface area contributed by atoms with Crippen LogP contribution in [0, 0.1) is 5.82 Å². The van der Waals surface area contributed by atoms with Gasteiger partial charge in [-0.3, -0.25) is 4.90 Å². The zero-order valence-electron chi connectivity index (χ0n) is 16.8. The molecule has 0 aromatic heterocycles. The summed E-state index contributed by atoms with van der Waals surface area (Å²) in [5, 5.41) is 11.1. The molecule has 1 saturated heterocycles. The Morgan fingerprint density at radius 1 is 1.11 bits per heavy atom. The highest BCUT2D eigenvalue weighted by molar-refractivity contribution is 5.37. The molecule has 1 atom stereocenters. The van der Waals surface area contributed by atoms with Crippen LogP contribution in [0.5, 0.6) is 5.75 Å². The first kappa shape index (κ1) is 20.8. The van der Waals surface area contributed by atoms with Crippen LogP contribution in [0.3, 0.4) is 0 Å². The van der Waals surface area contributed by atoms with Crippen molar-refractivity contribution in [3.63, 3.8) is 0 Å². The molecule has 0 spiro atoms. The molecule has 0 aliphatic carbocycles. The van der Waals surface area contributed by atoms with E-state index in [-0.39, 0.29) is 5.82 Å². The molecule has 0 amide bonds. The molecular formula is C23H30FNO3. The van der Waals surface area contributed by atoms with Crippen molar-refractivity contribution in [3.05, 3.63) is 65.0 Å². The summed E-state index contributed by atoms with van der Waals surface area (Å²) < 4.78 is 24.2. The largest absolute Gasteiger partial charge is 0.496 e. The molecule has 1 fully saturated rings. The molecule has 2 aromatic carbocycles. The van der Waals surface area contributed by atoms with Gasteiger partial charge in [-0.15, -0.1) is 0 Å². The van der Waals surface area contributed by atoms with E-state index in [9.17, 15) is 9.50 Å². The average molecular weight is 387 g/mol. The molecule has 0 radical (unpaired) electrons. The Morgan fingerprint density at radius 3 is 2.61 bits per heavy atom. The number of likely N-dealkylation sites (tertiary alicyclic amines) is 1. The van der Waals surface area contributed by atoms with Crippen LogP contribution < -0.4 is 4.74 Å². The van der Waals surface area contributed by atoms with Crippen molar-refractivity contribution in [1.82, 2.24) is 4.90 Å². The number of ether oxygens (including phenoxy) is 2. The Bertz CT molecular complexity index is 765. The second-order valence-electron chi connectivity index (χ2n) is 7.45. The summed E-state index contributed by atoms with van der Waals surface area (Å²) in [4.78, 5) is 2.37. The summed E-state index contributed by atoms with van der Waals surface area (Å²) in [5.74, 6) is 0.573. The number of methoxy groups -OCH3 is 1. The van der Waals surface area contributed by atoms with Crippen LogP contribution in [0.4, 0.5) is 4.39 Å². The first-order chi connectivity index (χ1) is 13.5. The second-order valence-corrected chi connectivity index (χ2v) is 7.45. The minimum atomic E-state index is -0.886. The zero-order valence-corrected chi connectivity index (χ0v) is 16.8. The number of rotatable bonds is 7. The lowest BCUT2D eigenvalue weighted by Crippen LogP contribution is -2.29. The topological polar surface area (TPSA) is 41.9 Å². The number of hydrogen-bond donors (Lipinski definition) is 1. The van der Waals surface area contributed by atoms with Gasteiger partial charge >= 0.3 is 0 Å². The lowest BCUT2D eigenvalue weighted by Gasteiger charge is -2.27. The first-order valence-corrected chi connectivity index (χ1v) is 9.98. The Kier molecular flexibility index (Phi) is 7.05. The van der Waals surface area contributed by atoms with E-state index < -0.39 is 5.60 Å². The maximum Gasteiger partial charge on any atom is 0.124 e. The Morgan fingerprint density at radius 2 is 1.89 bits per heavy atom. The smallest absolute Gasteiger partial charge is 0.124 e. The van der Waals surface area contributed by atoms with Gasteiger partial charge in [0.2, 0.25) is 0 Å². The molecule has 152 valence electrons. The van der Waals surface area contributed by atoms with Crippen molar-refractivity contribution >= 4 is 0 Å². The highest BCUT2D eigenvalue weighted by Gasteiger charge is 2.32. The van der Waals surface area contributed by atoms with E-state index >= 15 is 0 Å². The highest BCUT2D eigenvalue weighted by Crippen LogP contribution is 2.33. The minimum Gasteiger partial charge on any atom is -0.496 e. The van der Waals surface area contributed by atoms with E-state index in [1.807, 2.05) is 13.0 Å². The molecular weight excluding hydrogens is 357 g/mol. The van der Waals surface area contributed by atoms with E-state index in [0.717, 1.165) is 42.9 Å². The second kappa shape index (κ2) is 9.50. The minimum absolute atomic E-state index is 0.273. The lowest BCUT2D eigenvalue weighted by atomic mass is 9.87. The predicted octanol–water partition coefficient (Wildman–Crippen LogP) is 4.24. The highest BCUT2D eigenvalue weighted by atomic mass is 19.1. The summed E-state index contributed by atoms with van der Waals surface area (Å²) >= 11 is 0. The van der Waals surface area contributed by atoms with Crippen molar-refractivity contribution in [2.24, 2.45) is 0 Å². The van der Waals surface area contributed by atoms with Gasteiger partial charge in [-0.05, 0) is 68.1 Å². The van der Waals surface area contributed by atoms with Gasteiger partial charge in [-0.1, -0.05) is 18.2 Å². The van der Waals surface area contributed by atoms with Crippen molar-refractivity contribution in [1.29, 1.82) is 0 Å². The molecule has 2 aromatic rings. The molecule has 1 aliphatic rings. The SMILES string of the molecule is CCOCc1cc(CN2CCCC(O)(c3ccc(F)cc3)CC2)ccc1OC. The van der Waals surface area contributed by atoms with Crippen molar-refractivity contribution in [3.8, 4) is 5.75 Å². The predicted molar refractivity (Wildman–Crippen MR) is 108 cm³/mol. The summed E-state index contributed by atoms with van der Waals surface area (Å²) in [6.45, 7) is 5.73. The van der Waals surface area contributed by atoms with Gasteiger partial charge in [0.05, 0.1) is 19.3 Å². The number of hydrogen-bond acceptors (Lipinski definition) is 4. The standard InChI is InChI=1S/C23H30FNO3/c1-3-28-17-19-15-18(5-10-22(19)27-2)16-25-13-4-11-23(26,12-14-25)20-6-8-21(24)9-7-20/h5-10,15,26H,3-4,11-14,16-17H2,1-2H3. The molecule has 3 rings (SSSR count). The Labute approximate surface area is 166 Å². The fourth-order valence-corrected chi connectivity index (χ4v) is 3.90. The number of aliphatic hydroxyl groups is 1. The van der Waals surface area contributed by atoms with Crippen LogP contribution in [0.1, 0.15) is 42.9 Å². The van der Waals surface area contributed by atoms with E-state index in [2.05, 4.69) is 17.0 Å². The fraction of sp³-hybridized carbons (Fsp3) is 0.478. The quantitative estimate of drug-likeness (QED) is 0.771. The van der Waals surface area contributed by atoms with E-state index in [1.165, 1.54) is 17.7 Å². The molecule has 0 saturated carbocycles. The van der Waals surface area contributed by atoms with Gasteiger partial charge in [0.1, 0.15) is 11.6 Å². The molecule has 4 nitrogen and oxygen atoms in total.